The summed E-state index contributed by atoms with van der Waals surface area (Å²) in [7, 11) is 2.88. The van der Waals surface area contributed by atoms with Crippen LogP contribution in [0, 0.1) is 5.92 Å². The summed E-state index contributed by atoms with van der Waals surface area (Å²) in [6.45, 7) is 1.80. The predicted octanol–water partition coefficient (Wildman–Crippen LogP) is 1.94. The largest absolute Gasteiger partial charge is 0.497 e. The van der Waals surface area contributed by atoms with Gasteiger partial charge in [-0.3, -0.25) is 9.59 Å². The van der Waals surface area contributed by atoms with Crippen molar-refractivity contribution >= 4 is 11.9 Å². The first-order valence-electron chi connectivity index (χ1n) is 5.93. The number of hydrogen-bond donors (Lipinski definition) is 0. The van der Waals surface area contributed by atoms with Crippen LogP contribution in [0.2, 0.25) is 0 Å². The molecular weight excluding hydrogens is 248 g/mol. The molecule has 1 aromatic carbocycles. The lowest BCUT2D eigenvalue weighted by atomic mass is 10.1. The van der Waals surface area contributed by atoms with Gasteiger partial charge in [-0.05, 0) is 17.7 Å². The SMILES string of the molecule is COC(=O)[C@@H](C)CC(=O)OCc1ccc(OC)cc1. The Morgan fingerprint density at radius 3 is 2.32 bits per heavy atom. The molecule has 5 heteroatoms. The molecule has 0 saturated carbocycles. The fourth-order valence-electron chi connectivity index (χ4n) is 1.48. The molecule has 1 rings (SSSR count). The molecule has 0 saturated heterocycles. The quantitative estimate of drug-likeness (QED) is 0.736. The maximum Gasteiger partial charge on any atom is 0.308 e. The Balaban J connectivity index is 2.39. The smallest absolute Gasteiger partial charge is 0.308 e. The summed E-state index contributed by atoms with van der Waals surface area (Å²) in [5, 5.41) is 0. The van der Waals surface area contributed by atoms with Crippen LogP contribution in [-0.2, 0) is 25.7 Å². The van der Waals surface area contributed by atoms with Crippen LogP contribution in [0.1, 0.15) is 18.9 Å². The van der Waals surface area contributed by atoms with Gasteiger partial charge in [-0.1, -0.05) is 19.1 Å². The number of hydrogen-bond acceptors (Lipinski definition) is 5. The zero-order valence-electron chi connectivity index (χ0n) is 11.3. The van der Waals surface area contributed by atoms with Gasteiger partial charge in [0.1, 0.15) is 12.4 Å². The van der Waals surface area contributed by atoms with Gasteiger partial charge in [-0.2, -0.15) is 0 Å². The Bertz CT molecular complexity index is 424. The Morgan fingerprint density at radius 1 is 1.16 bits per heavy atom. The van der Waals surface area contributed by atoms with E-state index in [1.807, 2.05) is 12.1 Å². The number of methoxy groups -OCH3 is 2. The first kappa shape index (κ1) is 15.0. The van der Waals surface area contributed by atoms with Crippen LogP contribution in [0.4, 0.5) is 0 Å². The molecule has 1 aromatic rings. The standard InChI is InChI=1S/C14H18O5/c1-10(14(16)18-3)8-13(15)19-9-11-4-6-12(17-2)7-5-11/h4-7,10H,8-9H2,1-3H3/t10-/m0/s1. The molecule has 0 spiro atoms. The highest BCUT2D eigenvalue weighted by atomic mass is 16.5. The third kappa shape index (κ3) is 4.99. The molecule has 0 radical (unpaired) electrons. The third-order valence-electron chi connectivity index (χ3n) is 2.64. The molecule has 0 aromatic heterocycles. The summed E-state index contributed by atoms with van der Waals surface area (Å²) >= 11 is 0. The number of carbonyl (C=O) groups excluding carboxylic acids is 2. The maximum absolute atomic E-state index is 11.5. The van der Waals surface area contributed by atoms with E-state index in [2.05, 4.69) is 4.74 Å². The van der Waals surface area contributed by atoms with Gasteiger partial charge in [0.25, 0.3) is 0 Å². The zero-order chi connectivity index (χ0) is 14.3. The molecule has 104 valence electrons. The van der Waals surface area contributed by atoms with E-state index in [9.17, 15) is 9.59 Å². The highest BCUT2D eigenvalue weighted by Crippen LogP contribution is 2.13. The molecular formula is C14H18O5. The average Bonchev–Trinajstić information content (AvgIpc) is 2.44. The van der Waals surface area contributed by atoms with E-state index >= 15 is 0 Å². The fraction of sp³-hybridized carbons (Fsp3) is 0.429. The van der Waals surface area contributed by atoms with Crippen molar-refractivity contribution in [3.63, 3.8) is 0 Å². The Morgan fingerprint density at radius 2 is 1.79 bits per heavy atom. The highest BCUT2D eigenvalue weighted by molar-refractivity contribution is 5.79. The first-order chi connectivity index (χ1) is 9.06. The average molecular weight is 266 g/mol. The summed E-state index contributed by atoms with van der Waals surface area (Å²) in [6, 6.07) is 7.21. The van der Waals surface area contributed by atoms with Crippen LogP contribution in [-0.4, -0.2) is 26.2 Å². The number of carbonyl (C=O) groups is 2. The van der Waals surface area contributed by atoms with Gasteiger partial charge in [0, 0.05) is 0 Å². The molecule has 1 atom stereocenters. The van der Waals surface area contributed by atoms with Crippen molar-refractivity contribution in [2.75, 3.05) is 14.2 Å². The van der Waals surface area contributed by atoms with Crippen molar-refractivity contribution in [3.8, 4) is 5.75 Å². The summed E-state index contributed by atoms with van der Waals surface area (Å²) in [6.07, 6.45) is 0.0167. The monoisotopic (exact) mass is 266 g/mol. The molecule has 0 fully saturated rings. The van der Waals surface area contributed by atoms with Crippen molar-refractivity contribution in [3.05, 3.63) is 29.8 Å². The van der Waals surface area contributed by atoms with E-state index in [1.54, 1.807) is 26.2 Å². The van der Waals surface area contributed by atoms with Crippen LogP contribution in [0.25, 0.3) is 0 Å². The fourth-order valence-corrected chi connectivity index (χ4v) is 1.48. The second kappa shape index (κ2) is 7.41. The van der Waals surface area contributed by atoms with Crippen molar-refractivity contribution < 1.29 is 23.8 Å². The minimum absolute atomic E-state index is 0.0167. The second-order valence-electron chi connectivity index (χ2n) is 4.14. The van der Waals surface area contributed by atoms with Crippen LogP contribution in [0.5, 0.6) is 5.75 Å². The number of ether oxygens (including phenoxy) is 3. The Hall–Kier alpha value is -2.04. The maximum atomic E-state index is 11.5. The lowest BCUT2D eigenvalue weighted by Gasteiger charge is -2.09. The van der Waals surface area contributed by atoms with Crippen molar-refractivity contribution in [2.45, 2.75) is 20.0 Å². The van der Waals surface area contributed by atoms with E-state index in [0.29, 0.717) is 0 Å². The van der Waals surface area contributed by atoms with Gasteiger partial charge in [0.05, 0.1) is 26.6 Å². The van der Waals surface area contributed by atoms with Crippen LogP contribution < -0.4 is 4.74 Å². The lowest BCUT2D eigenvalue weighted by Crippen LogP contribution is -2.18. The first-order valence-corrected chi connectivity index (χ1v) is 5.93. The Kier molecular flexibility index (Phi) is 5.85. The second-order valence-corrected chi connectivity index (χ2v) is 4.14. The minimum atomic E-state index is -0.492. The Labute approximate surface area is 112 Å². The molecule has 0 aliphatic rings. The van der Waals surface area contributed by atoms with E-state index < -0.39 is 17.9 Å². The summed E-state index contributed by atoms with van der Waals surface area (Å²) in [4.78, 5) is 22.7. The molecule has 0 aliphatic carbocycles. The van der Waals surface area contributed by atoms with Crippen LogP contribution >= 0.6 is 0 Å². The van der Waals surface area contributed by atoms with Crippen LogP contribution in [0.15, 0.2) is 24.3 Å². The summed E-state index contributed by atoms with van der Waals surface area (Å²) < 4.78 is 14.6. The number of rotatable bonds is 6. The van der Waals surface area contributed by atoms with Crippen LogP contribution in [0.3, 0.4) is 0 Å². The molecule has 0 N–H and O–H groups in total. The molecule has 5 nitrogen and oxygen atoms in total. The van der Waals surface area contributed by atoms with Gasteiger partial charge < -0.3 is 14.2 Å². The molecule has 0 heterocycles. The molecule has 19 heavy (non-hydrogen) atoms. The van der Waals surface area contributed by atoms with E-state index in [-0.39, 0.29) is 13.0 Å². The van der Waals surface area contributed by atoms with E-state index in [4.69, 9.17) is 9.47 Å². The number of esters is 2. The summed E-state index contributed by atoms with van der Waals surface area (Å²) in [5.41, 5.74) is 0.861. The zero-order valence-corrected chi connectivity index (χ0v) is 11.3. The minimum Gasteiger partial charge on any atom is -0.497 e. The predicted molar refractivity (Wildman–Crippen MR) is 68.6 cm³/mol. The van der Waals surface area contributed by atoms with E-state index in [0.717, 1.165) is 11.3 Å². The van der Waals surface area contributed by atoms with Gasteiger partial charge in [-0.15, -0.1) is 0 Å². The molecule has 0 unspecified atom stereocenters. The van der Waals surface area contributed by atoms with Crippen molar-refractivity contribution in [1.82, 2.24) is 0 Å². The van der Waals surface area contributed by atoms with Gasteiger partial charge in [-0.25, -0.2) is 0 Å². The van der Waals surface area contributed by atoms with Gasteiger partial charge >= 0.3 is 11.9 Å². The molecule has 0 aliphatic heterocycles. The molecule has 0 bridgehead atoms. The lowest BCUT2D eigenvalue weighted by molar-refractivity contribution is -0.153. The van der Waals surface area contributed by atoms with E-state index in [1.165, 1.54) is 7.11 Å². The topological polar surface area (TPSA) is 61.8 Å². The summed E-state index contributed by atoms with van der Waals surface area (Å²) in [5.74, 6) is -0.585. The van der Waals surface area contributed by atoms with Gasteiger partial charge in [0.15, 0.2) is 0 Å². The normalized spacial score (nSPS) is 11.5. The number of benzene rings is 1. The van der Waals surface area contributed by atoms with Crippen molar-refractivity contribution in [2.24, 2.45) is 5.92 Å². The molecule has 0 amide bonds. The van der Waals surface area contributed by atoms with Crippen molar-refractivity contribution in [1.29, 1.82) is 0 Å². The highest BCUT2D eigenvalue weighted by Gasteiger charge is 2.18. The van der Waals surface area contributed by atoms with Gasteiger partial charge in [0.2, 0.25) is 0 Å². The third-order valence-corrected chi connectivity index (χ3v) is 2.64.